The zero-order valence-electron chi connectivity index (χ0n) is 10.6. The van der Waals surface area contributed by atoms with E-state index in [9.17, 15) is 0 Å². The van der Waals surface area contributed by atoms with Crippen molar-refractivity contribution in [3.63, 3.8) is 0 Å². The second-order valence-corrected chi connectivity index (χ2v) is 4.34. The molecule has 86 valence electrons. The van der Waals surface area contributed by atoms with Crippen molar-refractivity contribution in [1.82, 2.24) is 4.90 Å². The predicted molar refractivity (Wildman–Crippen MR) is 70.5 cm³/mol. The number of hydrogen-bond donors (Lipinski definition) is 0. The van der Waals surface area contributed by atoms with Crippen LogP contribution in [0.15, 0.2) is 24.3 Å². The van der Waals surface area contributed by atoms with E-state index in [0.717, 1.165) is 12.1 Å². The maximum Gasteiger partial charge on any atom is 0.0600 e. The van der Waals surface area contributed by atoms with E-state index >= 15 is 0 Å². The quantitative estimate of drug-likeness (QED) is 0.698. The van der Waals surface area contributed by atoms with Gasteiger partial charge in [0.2, 0.25) is 0 Å². The van der Waals surface area contributed by atoms with E-state index in [1.807, 2.05) is 14.1 Å². The molecule has 1 nitrogen and oxygen atoms in total. The molecule has 1 heteroatoms. The molecule has 0 atom stereocenters. The fourth-order valence-electron chi connectivity index (χ4n) is 1.44. The summed E-state index contributed by atoms with van der Waals surface area (Å²) in [6, 6.07) is 8.62. The molecule has 0 radical (unpaired) electrons. The van der Waals surface area contributed by atoms with Crippen LogP contribution in [0.5, 0.6) is 0 Å². The largest absolute Gasteiger partial charge is 0.299 e. The molecule has 1 aromatic carbocycles. The minimum Gasteiger partial charge on any atom is -0.299 e. The molecule has 0 saturated carbocycles. The van der Waals surface area contributed by atoms with E-state index in [-0.39, 0.29) is 0 Å². The van der Waals surface area contributed by atoms with Crippen LogP contribution in [0.25, 0.3) is 0 Å². The van der Waals surface area contributed by atoms with Gasteiger partial charge in [-0.05, 0) is 44.6 Å². The van der Waals surface area contributed by atoms with Gasteiger partial charge in [0.05, 0.1) is 6.54 Å². The van der Waals surface area contributed by atoms with E-state index in [0.29, 0.717) is 0 Å². The SMILES string of the molecule is CCCCc1ccc(C#CCN(C)C)cc1. The molecule has 0 unspecified atom stereocenters. The average Bonchev–Trinajstić information content (AvgIpc) is 2.27. The minimum absolute atomic E-state index is 0.817. The number of hydrogen-bond acceptors (Lipinski definition) is 1. The molecule has 0 amide bonds. The normalized spacial score (nSPS) is 10.0. The summed E-state index contributed by atoms with van der Waals surface area (Å²) >= 11 is 0. The first kappa shape index (κ1) is 12.8. The Labute approximate surface area is 99.5 Å². The summed E-state index contributed by atoms with van der Waals surface area (Å²) in [6.45, 7) is 3.04. The molecule has 0 fully saturated rings. The monoisotopic (exact) mass is 215 g/mol. The van der Waals surface area contributed by atoms with Gasteiger partial charge in [0.25, 0.3) is 0 Å². The Morgan fingerprint density at radius 3 is 2.38 bits per heavy atom. The third-order valence-electron chi connectivity index (χ3n) is 2.40. The Morgan fingerprint density at radius 1 is 1.12 bits per heavy atom. The van der Waals surface area contributed by atoms with Crippen molar-refractivity contribution in [2.45, 2.75) is 26.2 Å². The first-order valence-electron chi connectivity index (χ1n) is 5.95. The number of rotatable bonds is 4. The molecule has 0 heterocycles. The molecule has 16 heavy (non-hydrogen) atoms. The summed E-state index contributed by atoms with van der Waals surface area (Å²) < 4.78 is 0. The van der Waals surface area contributed by atoms with Gasteiger partial charge in [-0.3, -0.25) is 4.90 Å². The number of benzene rings is 1. The lowest BCUT2D eigenvalue weighted by atomic mass is 10.1. The molecule has 0 aliphatic rings. The Morgan fingerprint density at radius 2 is 1.81 bits per heavy atom. The Kier molecular flexibility index (Phi) is 5.67. The van der Waals surface area contributed by atoms with Gasteiger partial charge in [-0.2, -0.15) is 0 Å². The van der Waals surface area contributed by atoms with Crippen molar-refractivity contribution in [2.24, 2.45) is 0 Å². The molecule has 0 spiro atoms. The molecule has 0 saturated heterocycles. The zero-order valence-corrected chi connectivity index (χ0v) is 10.6. The fourth-order valence-corrected chi connectivity index (χ4v) is 1.44. The van der Waals surface area contributed by atoms with Gasteiger partial charge in [-0.25, -0.2) is 0 Å². The summed E-state index contributed by atoms with van der Waals surface area (Å²) in [6.07, 6.45) is 3.71. The highest BCUT2D eigenvalue weighted by Crippen LogP contribution is 2.06. The van der Waals surface area contributed by atoms with Crippen LogP contribution in [0.2, 0.25) is 0 Å². The van der Waals surface area contributed by atoms with E-state index in [2.05, 4.69) is 47.9 Å². The van der Waals surface area contributed by atoms with Gasteiger partial charge in [0.1, 0.15) is 0 Å². The standard InChI is InChI=1S/C15H21N/c1-4-5-7-14-9-11-15(12-10-14)8-6-13-16(2)3/h9-12H,4-5,7,13H2,1-3H3. The van der Waals surface area contributed by atoms with E-state index in [1.54, 1.807) is 0 Å². The van der Waals surface area contributed by atoms with Gasteiger partial charge in [-0.15, -0.1) is 0 Å². The Balaban J connectivity index is 2.53. The first-order chi connectivity index (χ1) is 7.72. The number of aryl methyl sites for hydroxylation is 1. The van der Waals surface area contributed by atoms with Crippen molar-refractivity contribution in [1.29, 1.82) is 0 Å². The van der Waals surface area contributed by atoms with Crippen LogP contribution < -0.4 is 0 Å². The van der Waals surface area contributed by atoms with Gasteiger partial charge in [-0.1, -0.05) is 37.3 Å². The highest BCUT2D eigenvalue weighted by atomic mass is 15.0. The Hall–Kier alpha value is -1.26. The fraction of sp³-hybridized carbons (Fsp3) is 0.467. The van der Waals surface area contributed by atoms with Gasteiger partial charge in [0, 0.05) is 5.56 Å². The second-order valence-electron chi connectivity index (χ2n) is 4.34. The van der Waals surface area contributed by atoms with E-state index < -0.39 is 0 Å². The average molecular weight is 215 g/mol. The van der Waals surface area contributed by atoms with Crippen molar-refractivity contribution in [2.75, 3.05) is 20.6 Å². The molecule has 0 aliphatic heterocycles. The molecular formula is C15H21N. The molecule has 0 N–H and O–H groups in total. The maximum atomic E-state index is 3.17. The minimum atomic E-state index is 0.817. The van der Waals surface area contributed by atoms with E-state index in [4.69, 9.17) is 0 Å². The summed E-state index contributed by atoms with van der Waals surface area (Å²) in [5.74, 6) is 6.31. The predicted octanol–water partition coefficient (Wildman–Crippen LogP) is 2.94. The van der Waals surface area contributed by atoms with Crippen molar-refractivity contribution in [3.05, 3.63) is 35.4 Å². The van der Waals surface area contributed by atoms with Crippen molar-refractivity contribution < 1.29 is 0 Å². The molecule has 0 bridgehead atoms. The van der Waals surface area contributed by atoms with Crippen LogP contribution in [0, 0.1) is 11.8 Å². The summed E-state index contributed by atoms with van der Waals surface area (Å²) in [4.78, 5) is 2.07. The molecule has 1 rings (SSSR count). The highest BCUT2D eigenvalue weighted by Gasteiger charge is 1.92. The number of nitrogens with zero attached hydrogens (tertiary/aromatic N) is 1. The lowest BCUT2D eigenvalue weighted by Gasteiger charge is -2.01. The first-order valence-corrected chi connectivity index (χ1v) is 5.95. The maximum absolute atomic E-state index is 3.17. The number of unbranched alkanes of at least 4 members (excludes halogenated alkanes) is 1. The van der Waals surface area contributed by atoms with Gasteiger partial charge in [0.15, 0.2) is 0 Å². The molecule has 1 aromatic rings. The summed E-state index contributed by atoms with van der Waals surface area (Å²) in [5, 5.41) is 0. The van der Waals surface area contributed by atoms with Crippen LogP contribution in [-0.4, -0.2) is 25.5 Å². The molecule has 0 aromatic heterocycles. The van der Waals surface area contributed by atoms with Gasteiger partial charge >= 0.3 is 0 Å². The third kappa shape index (κ3) is 5.00. The third-order valence-corrected chi connectivity index (χ3v) is 2.40. The highest BCUT2D eigenvalue weighted by molar-refractivity contribution is 5.36. The van der Waals surface area contributed by atoms with Crippen LogP contribution in [0.4, 0.5) is 0 Å². The lowest BCUT2D eigenvalue weighted by molar-refractivity contribution is 0.464. The topological polar surface area (TPSA) is 3.24 Å². The molecular weight excluding hydrogens is 194 g/mol. The van der Waals surface area contributed by atoms with Crippen molar-refractivity contribution >= 4 is 0 Å². The summed E-state index contributed by atoms with van der Waals surface area (Å²) in [7, 11) is 4.06. The van der Waals surface area contributed by atoms with E-state index in [1.165, 1.54) is 24.8 Å². The Bertz CT molecular complexity index is 351. The smallest absolute Gasteiger partial charge is 0.0600 e. The molecule has 0 aliphatic carbocycles. The van der Waals surface area contributed by atoms with Crippen LogP contribution in [-0.2, 0) is 6.42 Å². The summed E-state index contributed by atoms with van der Waals surface area (Å²) in [5.41, 5.74) is 2.53. The van der Waals surface area contributed by atoms with Crippen LogP contribution in [0.3, 0.4) is 0 Å². The zero-order chi connectivity index (χ0) is 11.8. The lowest BCUT2D eigenvalue weighted by Crippen LogP contribution is -2.10. The second kappa shape index (κ2) is 7.09. The van der Waals surface area contributed by atoms with Crippen LogP contribution >= 0.6 is 0 Å². The van der Waals surface area contributed by atoms with Gasteiger partial charge < -0.3 is 0 Å². The van der Waals surface area contributed by atoms with Crippen LogP contribution in [0.1, 0.15) is 30.9 Å². The van der Waals surface area contributed by atoms with Crippen molar-refractivity contribution in [3.8, 4) is 11.8 Å².